The Morgan fingerprint density at radius 2 is 2.00 bits per heavy atom. The molecule has 0 radical (unpaired) electrons. The van der Waals surface area contributed by atoms with Crippen LogP contribution in [0.25, 0.3) is 0 Å². The summed E-state index contributed by atoms with van der Waals surface area (Å²) in [7, 11) is 1.83. The Balaban J connectivity index is 1.77. The minimum absolute atomic E-state index is 0.0415. The molecule has 0 bridgehead atoms. The topological polar surface area (TPSA) is 44.4 Å². The highest BCUT2D eigenvalue weighted by molar-refractivity contribution is 5.78. The van der Waals surface area contributed by atoms with Gasteiger partial charge in [-0.25, -0.2) is 8.78 Å². The van der Waals surface area contributed by atoms with Gasteiger partial charge in [-0.2, -0.15) is 0 Å². The van der Waals surface area contributed by atoms with E-state index in [0.29, 0.717) is 13.1 Å². The van der Waals surface area contributed by atoms with Gasteiger partial charge in [0.05, 0.1) is 0 Å². The molecule has 1 unspecified atom stereocenters. The van der Waals surface area contributed by atoms with Gasteiger partial charge in [0, 0.05) is 38.1 Å². The van der Waals surface area contributed by atoms with Crippen LogP contribution in [0.15, 0.2) is 18.2 Å². The van der Waals surface area contributed by atoms with Crippen LogP contribution in [0.4, 0.5) is 8.78 Å². The smallest absolute Gasteiger partial charge is 0.224 e. The number of nitrogens with zero attached hydrogens (tertiary/aromatic N) is 1. The van der Waals surface area contributed by atoms with Gasteiger partial charge < -0.3 is 10.6 Å². The Kier molecular flexibility index (Phi) is 6.47. The monoisotopic (exact) mass is 325 g/mol. The molecule has 2 N–H and O–H groups in total. The highest BCUT2D eigenvalue weighted by Crippen LogP contribution is 2.16. The molecule has 1 saturated heterocycles. The number of carbonyl (C=O) groups excluding carboxylic acids is 1. The Bertz CT molecular complexity index is 531. The fourth-order valence-electron chi connectivity index (χ4n) is 2.87. The Hall–Kier alpha value is -1.53. The molecule has 0 aliphatic carbocycles. The zero-order valence-corrected chi connectivity index (χ0v) is 13.7. The fourth-order valence-corrected chi connectivity index (χ4v) is 2.87. The summed E-state index contributed by atoms with van der Waals surface area (Å²) in [4.78, 5) is 14.2. The maximum atomic E-state index is 13.2. The molecule has 1 atom stereocenters. The molecule has 1 amide bonds. The van der Waals surface area contributed by atoms with Crippen molar-refractivity contribution >= 4 is 5.91 Å². The summed E-state index contributed by atoms with van der Waals surface area (Å²) in [5, 5.41) is 6.09. The van der Waals surface area contributed by atoms with Gasteiger partial charge in [0.25, 0.3) is 0 Å². The lowest BCUT2D eigenvalue weighted by Gasteiger charge is -2.33. The molecule has 2 rings (SSSR count). The van der Waals surface area contributed by atoms with E-state index in [4.69, 9.17) is 0 Å². The number of halogens is 2. The van der Waals surface area contributed by atoms with Crippen LogP contribution in [0.5, 0.6) is 0 Å². The third-order valence-electron chi connectivity index (χ3n) is 4.28. The minimum atomic E-state index is -0.814. The fraction of sp³-hybridized carbons (Fsp3) is 0.588. The van der Waals surface area contributed by atoms with Crippen molar-refractivity contribution < 1.29 is 13.6 Å². The van der Waals surface area contributed by atoms with Gasteiger partial charge in [0.1, 0.15) is 0 Å². The summed E-state index contributed by atoms with van der Waals surface area (Å²) < 4.78 is 26.2. The molecule has 1 heterocycles. The molecule has 6 heteroatoms. The number of rotatable bonds is 6. The molecule has 4 nitrogen and oxygen atoms in total. The SMILES string of the molecule is CNCC(C)C(=O)NC1CCN(Cc2ccc(F)c(F)c2)CC1. The normalized spacial score (nSPS) is 17.9. The molecule has 23 heavy (non-hydrogen) atoms. The lowest BCUT2D eigenvalue weighted by molar-refractivity contribution is -0.125. The highest BCUT2D eigenvalue weighted by Gasteiger charge is 2.22. The second-order valence-electron chi connectivity index (χ2n) is 6.27. The summed E-state index contributed by atoms with van der Waals surface area (Å²) in [5.41, 5.74) is 0.772. The van der Waals surface area contributed by atoms with Crippen LogP contribution in [0.3, 0.4) is 0 Å². The first-order valence-electron chi connectivity index (χ1n) is 8.11. The molecule has 0 aromatic heterocycles. The van der Waals surface area contributed by atoms with Crippen molar-refractivity contribution in [2.75, 3.05) is 26.7 Å². The maximum absolute atomic E-state index is 13.2. The summed E-state index contributed by atoms with van der Waals surface area (Å²) in [5.74, 6) is -1.58. The second-order valence-corrected chi connectivity index (χ2v) is 6.27. The van der Waals surface area contributed by atoms with E-state index in [1.165, 1.54) is 12.1 Å². The van der Waals surface area contributed by atoms with Crippen molar-refractivity contribution in [1.82, 2.24) is 15.5 Å². The number of piperidine rings is 1. The van der Waals surface area contributed by atoms with E-state index in [0.717, 1.165) is 31.5 Å². The van der Waals surface area contributed by atoms with Gasteiger partial charge in [-0.1, -0.05) is 13.0 Å². The lowest BCUT2D eigenvalue weighted by atomic mass is 10.0. The average Bonchev–Trinajstić information content (AvgIpc) is 2.53. The van der Waals surface area contributed by atoms with Gasteiger partial charge in [-0.3, -0.25) is 9.69 Å². The second kappa shape index (κ2) is 8.36. The van der Waals surface area contributed by atoms with Gasteiger partial charge >= 0.3 is 0 Å². The van der Waals surface area contributed by atoms with Crippen LogP contribution in [-0.2, 0) is 11.3 Å². The third kappa shape index (κ3) is 5.25. The predicted octanol–water partition coefficient (Wildman–Crippen LogP) is 1.90. The maximum Gasteiger partial charge on any atom is 0.224 e. The van der Waals surface area contributed by atoms with Crippen LogP contribution < -0.4 is 10.6 Å². The van der Waals surface area contributed by atoms with Gasteiger partial charge in [0.15, 0.2) is 11.6 Å². The quantitative estimate of drug-likeness (QED) is 0.840. The predicted molar refractivity (Wildman–Crippen MR) is 85.9 cm³/mol. The standard InChI is InChI=1S/C17H25F2N3O/c1-12(10-20-2)17(23)21-14-5-7-22(8-6-14)11-13-3-4-15(18)16(19)9-13/h3-4,9,12,14,20H,5-8,10-11H2,1-2H3,(H,21,23). The van der Waals surface area contributed by atoms with Crippen molar-refractivity contribution in [2.24, 2.45) is 5.92 Å². The van der Waals surface area contributed by atoms with E-state index in [1.807, 2.05) is 14.0 Å². The summed E-state index contributed by atoms with van der Waals surface area (Å²) in [6.07, 6.45) is 1.75. The zero-order chi connectivity index (χ0) is 16.8. The molecule has 1 fully saturated rings. The average molecular weight is 325 g/mol. The number of nitrogens with one attached hydrogen (secondary N) is 2. The van der Waals surface area contributed by atoms with E-state index in [1.54, 1.807) is 6.07 Å². The van der Waals surface area contributed by atoms with Crippen LogP contribution in [-0.4, -0.2) is 43.5 Å². The summed E-state index contributed by atoms with van der Waals surface area (Å²) >= 11 is 0. The molecular formula is C17H25F2N3O. The minimum Gasteiger partial charge on any atom is -0.353 e. The van der Waals surface area contributed by atoms with E-state index in [-0.39, 0.29) is 17.9 Å². The molecule has 1 aliphatic heterocycles. The van der Waals surface area contributed by atoms with Crippen LogP contribution in [0.2, 0.25) is 0 Å². The van der Waals surface area contributed by atoms with E-state index >= 15 is 0 Å². The van der Waals surface area contributed by atoms with Crippen LogP contribution in [0.1, 0.15) is 25.3 Å². The summed E-state index contributed by atoms with van der Waals surface area (Å²) in [6, 6.07) is 4.23. The summed E-state index contributed by atoms with van der Waals surface area (Å²) in [6.45, 7) is 4.85. The first-order valence-corrected chi connectivity index (χ1v) is 8.11. The largest absolute Gasteiger partial charge is 0.353 e. The molecule has 0 saturated carbocycles. The first-order chi connectivity index (χ1) is 11.0. The molecular weight excluding hydrogens is 300 g/mol. The molecule has 128 valence electrons. The van der Waals surface area contributed by atoms with Crippen LogP contribution in [0, 0.1) is 17.6 Å². The van der Waals surface area contributed by atoms with Crippen LogP contribution >= 0.6 is 0 Å². The van der Waals surface area contributed by atoms with E-state index in [2.05, 4.69) is 15.5 Å². The lowest BCUT2D eigenvalue weighted by Crippen LogP contribution is -2.46. The van der Waals surface area contributed by atoms with Crippen molar-refractivity contribution in [2.45, 2.75) is 32.4 Å². The molecule has 1 aromatic carbocycles. The number of hydrogen-bond acceptors (Lipinski definition) is 3. The van der Waals surface area contributed by atoms with Crippen molar-refractivity contribution in [3.05, 3.63) is 35.4 Å². The number of likely N-dealkylation sites (tertiary alicyclic amines) is 1. The van der Waals surface area contributed by atoms with E-state index < -0.39 is 11.6 Å². The van der Waals surface area contributed by atoms with Gasteiger partial charge in [0.2, 0.25) is 5.91 Å². The van der Waals surface area contributed by atoms with Gasteiger partial charge in [-0.05, 0) is 37.6 Å². The molecule has 1 aromatic rings. The third-order valence-corrected chi connectivity index (χ3v) is 4.28. The first kappa shape index (κ1) is 17.8. The van der Waals surface area contributed by atoms with Crippen molar-refractivity contribution in [1.29, 1.82) is 0 Å². The number of benzene rings is 1. The number of amides is 1. The van der Waals surface area contributed by atoms with Crippen molar-refractivity contribution in [3.63, 3.8) is 0 Å². The zero-order valence-electron chi connectivity index (χ0n) is 13.7. The van der Waals surface area contributed by atoms with Crippen molar-refractivity contribution in [3.8, 4) is 0 Å². The highest BCUT2D eigenvalue weighted by atomic mass is 19.2. The Labute approximate surface area is 136 Å². The Morgan fingerprint density at radius 3 is 2.61 bits per heavy atom. The molecule has 1 aliphatic rings. The Morgan fingerprint density at radius 1 is 1.30 bits per heavy atom. The van der Waals surface area contributed by atoms with Gasteiger partial charge in [-0.15, -0.1) is 0 Å². The number of hydrogen-bond donors (Lipinski definition) is 2. The van der Waals surface area contributed by atoms with E-state index in [9.17, 15) is 13.6 Å². The molecule has 0 spiro atoms. The number of carbonyl (C=O) groups is 1.